The molecule has 0 saturated carbocycles. The van der Waals surface area contributed by atoms with Crippen LogP contribution in [0.4, 0.5) is 10.1 Å². The molecule has 2 aromatic carbocycles. The first-order valence-corrected chi connectivity index (χ1v) is 12.9. The molecule has 0 aliphatic carbocycles. The number of halogens is 2. The third-order valence-corrected chi connectivity index (χ3v) is 6.52. The molecule has 0 saturated heterocycles. The Bertz CT molecular complexity index is 1310. The summed E-state index contributed by atoms with van der Waals surface area (Å²) in [5.74, 6) is -2.20. The summed E-state index contributed by atoms with van der Waals surface area (Å²) in [4.78, 5) is 39.8. The number of carboxylic acid groups (broad SMARTS) is 1. The number of carboxylic acids is 1. The number of nitrogens with one attached hydrogen (secondary N) is 1. The topological polar surface area (TPSA) is 120 Å². The summed E-state index contributed by atoms with van der Waals surface area (Å²) in [6.07, 6.45) is -0.409. The van der Waals surface area contributed by atoms with Crippen LogP contribution in [0.1, 0.15) is 74.5 Å². The molecule has 3 rings (SSSR count). The number of anilines is 1. The van der Waals surface area contributed by atoms with Gasteiger partial charge in [0.15, 0.2) is 23.1 Å². The molecule has 1 aliphatic rings. The van der Waals surface area contributed by atoms with Crippen LogP contribution in [0.25, 0.3) is 0 Å². The molecule has 1 aliphatic heterocycles. The fraction of sp³-hybridized carbons (Fsp3) is 0.448. The number of amides is 1. The maximum Gasteiger partial charge on any atom is 0.303 e. The van der Waals surface area contributed by atoms with Crippen LogP contribution in [-0.2, 0) is 21.5 Å². The van der Waals surface area contributed by atoms with Crippen LogP contribution in [0.2, 0.25) is 0 Å². The molecule has 2 aromatic rings. The number of benzene rings is 2. The predicted octanol–water partition coefficient (Wildman–Crippen LogP) is 5.35. The third-order valence-electron chi connectivity index (χ3n) is 6.52. The minimum atomic E-state index is -1.05. The molecule has 0 radical (unpaired) electrons. The Morgan fingerprint density at radius 3 is 2.33 bits per heavy atom. The lowest BCUT2D eigenvalue weighted by Crippen LogP contribution is -2.31. The summed E-state index contributed by atoms with van der Waals surface area (Å²) in [6.45, 7) is 9.98. The van der Waals surface area contributed by atoms with E-state index in [0.717, 1.165) is 5.56 Å². The number of Topliss-reactive ketones (excluding diaryl/α,β-unsaturated/α-hetero) is 1. The second-order valence-electron chi connectivity index (χ2n) is 10.4. The highest BCUT2D eigenvalue weighted by Gasteiger charge is 2.33. The zero-order chi connectivity index (χ0) is 29.1. The van der Waals surface area contributed by atoms with Crippen LogP contribution in [0.5, 0.6) is 11.5 Å². The van der Waals surface area contributed by atoms with E-state index in [-0.39, 0.29) is 84.1 Å². The van der Waals surface area contributed by atoms with Crippen molar-refractivity contribution in [1.29, 1.82) is 5.41 Å². The fourth-order valence-corrected chi connectivity index (χ4v) is 4.54. The van der Waals surface area contributed by atoms with Crippen LogP contribution in [-0.4, -0.2) is 60.3 Å². The molecule has 11 heteroatoms. The number of ether oxygens (including phenoxy) is 2. The van der Waals surface area contributed by atoms with Gasteiger partial charge in [0, 0.05) is 31.3 Å². The first kappa shape index (κ1) is 32.7. The lowest BCUT2D eigenvalue weighted by molar-refractivity contribution is -0.138. The Labute approximate surface area is 244 Å². The van der Waals surface area contributed by atoms with Crippen LogP contribution in [0.3, 0.4) is 0 Å². The van der Waals surface area contributed by atoms with Crippen LogP contribution < -0.4 is 14.4 Å². The molecule has 1 heterocycles. The van der Waals surface area contributed by atoms with Crippen molar-refractivity contribution in [2.75, 3.05) is 31.7 Å². The van der Waals surface area contributed by atoms with Gasteiger partial charge < -0.3 is 24.4 Å². The number of aliphatic carboxylic acids is 1. The van der Waals surface area contributed by atoms with Crippen LogP contribution >= 0.6 is 17.0 Å². The predicted molar refractivity (Wildman–Crippen MR) is 156 cm³/mol. The van der Waals surface area contributed by atoms with Gasteiger partial charge in [-0.15, -0.1) is 17.0 Å². The molecule has 0 spiro atoms. The second-order valence-corrected chi connectivity index (χ2v) is 10.4. The maximum atomic E-state index is 15.4. The largest absolute Gasteiger partial charge is 0.490 e. The number of rotatable bonds is 11. The normalized spacial score (nSPS) is 12.5. The number of fused-ring (bicyclic) bond motifs is 1. The summed E-state index contributed by atoms with van der Waals surface area (Å²) in [7, 11) is 1.58. The van der Waals surface area contributed by atoms with Gasteiger partial charge >= 0.3 is 5.97 Å². The number of carbonyl (C=O) groups is 3. The van der Waals surface area contributed by atoms with Gasteiger partial charge in [0.25, 0.3) is 0 Å². The smallest absolute Gasteiger partial charge is 0.303 e. The molecule has 2 N–H and O–H groups in total. The zero-order valence-electron chi connectivity index (χ0n) is 23.7. The summed E-state index contributed by atoms with van der Waals surface area (Å²) in [5.41, 5.74) is 1.94. The van der Waals surface area contributed by atoms with Gasteiger partial charge in [-0.25, -0.2) is 4.39 Å². The summed E-state index contributed by atoms with van der Waals surface area (Å²) in [6, 6.07) is 6.68. The quantitative estimate of drug-likeness (QED) is 0.324. The van der Waals surface area contributed by atoms with E-state index >= 15 is 4.39 Å². The molecule has 218 valence electrons. The van der Waals surface area contributed by atoms with E-state index in [1.54, 1.807) is 45.2 Å². The standard InChI is InChI=1S/C29H36FN3O6.BrH/c1-7-38-22-14-18-15-33(28(31)25(18)26(30)27(22)39-8-2)16-21(34)17-9-10-20(19(13-17)29(3,4)5)32(6)23(35)11-12-24(36)37;/h9-10,13-14,31H,7-8,11-12,15-16H2,1-6H3,(H,36,37);1H. The zero-order valence-corrected chi connectivity index (χ0v) is 25.4. The van der Waals surface area contributed by atoms with Crippen molar-refractivity contribution in [3.63, 3.8) is 0 Å². The minimum Gasteiger partial charge on any atom is -0.490 e. The number of nitrogens with zero attached hydrogens (tertiary/aromatic N) is 2. The Morgan fingerprint density at radius 1 is 1.10 bits per heavy atom. The number of amidine groups is 1. The monoisotopic (exact) mass is 621 g/mol. The van der Waals surface area contributed by atoms with Crippen molar-refractivity contribution in [3.05, 3.63) is 52.3 Å². The Morgan fingerprint density at radius 2 is 1.75 bits per heavy atom. The van der Waals surface area contributed by atoms with E-state index in [1.807, 2.05) is 20.8 Å². The molecule has 0 bridgehead atoms. The Hall–Kier alpha value is -3.47. The van der Waals surface area contributed by atoms with Crippen molar-refractivity contribution in [1.82, 2.24) is 4.90 Å². The first-order chi connectivity index (χ1) is 18.3. The van der Waals surface area contributed by atoms with E-state index in [9.17, 15) is 14.4 Å². The molecular formula is C29H37BrFN3O6. The highest BCUT2D eigenvalue weighted by molar-refractivity contribution is 8.93. The van der Waals surface area contributed by atoms with Crippen LogP contribution in [0, 0.1) is 11.2 Å². The van der Waals surface area contributed by atoms with Gasteiger partial charge in [0.2, 0.25) is 5.91 Å². The first-order valence-electron chi connectivity index (χ1n) is 12.9. The number of hydrogen-bond acceptors (Lipinski definition) is 6. The molecular weight excluding hydrogens is 585 g/mol. The number of ketones is 1. The number of carbonyl (C=O) groups excluding carboxylic acids is 2. The Kier molecular flexibility index (Phi) is 10.9. The van der Waals surface area contributed by atoms with Crippen LogP contribution in [0.15, 0.2) is 24.3 Å². The average molecular weight is 623 g/mol. The SMILES string of the molecule is Br.CCOc1cc2c(c(F)c1OCC)C(=N)N(CC(=O)c1ccc(N(C)C(=O)CCC(=O)O)c(C(C)(C)C)c1)C2. The van der Waals surface area contributed by atoms with E-state index in [0.29, 0.717) is 23.4 Å². The van der Waals surface area contributed by atoms with Gasteiger partial charge in [-0.3, -0.25) is 19.8 Å². The molecule has 9 nitrogen and oxygen atoms in total. The molecule has 40 heavy (non-hydrogen) atoms. The highest BCUT2D eigenvalue weighted by atomic mass is 79.9. The third kappa shape index (κ3) is 6.99. The van der Waals surface area contributed by atoms with Crippen molar-refractivity contribution >= 4 is 46.2 Å². The molecule has 0 unspecified atom stereocenters. The van der Waals surface area contributed by atoms with Gasteiger partial charge in [-0.05, 0) is 54.7 Å². The summed E-state index contributed by atoms with van der Waals surface area (Å²) >= 11 is 0. The van der Waals surface area contributed by atoms with Crippen molar-refractivity contribution in [3.8, 4) is 11.5 Å². The minimum absolute atomic E-state index is 0. The van der Waals surface area contributed by atoms with Crippen molar-refractivity contribution in [2.24, 2.45) is 0 Å². The summed E-state index contributed by atoms with van der Waals surface area (Å²) in [5, 5.41) is 17.5. The highest BCUT2D eigenvalue weighted by Crippen LogP contribution is 2.39. The molecule has 0 atom stereocenters. The van der Waals surface area contributed by atoms with Gasteiger partial charge in [0.1, 0.15) is 5.84 Å². The lowest BCUT2D eigenvalue weighted by Gasteiger charge is -2.28. The Balaban J connectivity index is 0.00000560. The van der Waals surface area contributed by atoms with E-state index < -0.39 is 17.2 Å². The molecule has 0 fully saturated rings. The summed E-state index contributed by atoms with van der Waals surface area (Å²) < 4.78 is 26.4. The lowest BCUT2D eigenvalue weighted by atomic mass is 9.84. The fourth-order valence-electron chi connectivity index (χ4n) is 4.54. The molecule has 1 amide bonds. The van der Waals surface area contributed by atoms with E-state index in [2.05, 4.69) is 0 Å². The maximum absolute atomic E-state index is 15.4. The van der Waals surface area contributed by atoms with E-state index in [1.165, 1.54) is 9.80 Å². The second kappa shape index (κ2) is 13.3. The van der Waals surface area contributed by atoms with Gasteiger partial charge in [0.05, 0.1) is 31.7 Å². The average Bonchev–Trinajstić information content (AvgIpc) is 3.18. The number of hydrogen-bond donors (Lipinski definition) is 2. The van der Waals surface area contributed by atoms with E-state index in [4.69, 9.17) is 20.0 Å². The van der Waals surface area contributed by atoms with Crippen molar-refractivity contribution in [2.45, 2.75) is 59.4 Å². The molecule has 0 aromatic heterocycles. The van der Waals surface area contributed by atoms with Gasteiger partial charge in [-0.2, -0.15) is 0 Å². The van der Waals surface area contributed by atoms with Gasteiger partial charge in [-0.1, -0.05) is 20.8 Å². The van der Waals surface area contributed by atoms with Crippen molar-refractivity contribution < 1.29 is 33.4 Å².